The molecule has 0 heterocycles. The Bertz CT molecular complexity index is 366. The van der Waals surface area contributed by atoms with Crippen LogP contribution in [0.15, 0.2) is 12.2 Å². The first-order chi connectivity index (χ1) is 8.57. The summed E-state index contributed by atoms with van der Waals surface area (Å²) in [6, 6.07) is 0. The Morgan fingerprint density at radius 2 is 1.79 bits per heavy atom. The van der Waals surface area contributed by atoms with E-state index < -0.39 is 42.6 Å². The quantitative estimate of drug-likeness (QED) is 0.161. The average molecular weight is 280 g/mol. The Morgan fingerprint density at radius 3 is 2.11 bits per heavy atom. The van der Waals surface area contributed by atoms with E-state index in [-0.39, 0.29) is 5.57 Å². The minimum Gasteiger partial charge on any atom is -0.476 e. The molecule has 0 rings (SSSR count). The van der Waals surface area contributed by atoms with Crippen molar-refractivity contribution in [1.82, 2.24) is 0 Å². The van der Waals surface area contributed by atoms with Gasteiger partial charge in [-0.2, -0.15) is 0 Å². The van der Waals surface area contributed by atoms with Gasteiger partial charge in [0.05, 0.1) is 6.61 Å². The molecule has 0 amide bonds. The number of carboxylic acids is 1. The van der Waals surface area contributed by atoms with Crippen molar-refractivity contribution in [3.8, 4) is 0 Å². The predicted molar refractivity (Wildman–Crippen MR) is 58.6 cm³/mol. The summed E-state index contributed by atoms with van der Waals surface area (Å²) in [5.74, 6) is -6.99. The van der Waals surface area contributed by atoms with E-state index in [4.69, 9.17) is 15.3 Å². The highest BCUT2D eigenvalue weighted by molar-refractivity contribution is 5.90. The molecule has 110 valence electrons. The molecule has 9 heteroatoms. The number of aliphatic hydroxyl groups is 5. The van der Waals surface area contributed by atoms with Crippen LogP contribution in [0, 0.1) is 0 Å². The van der Waals surface area contributed by atoms with Gasteiger partial charge in [0, 0.05) is 5.57 Å². The number of rotatable bonds is 7. The topological polar surface area (TPSA) is 165 Å². The van der Waals surface area contributed by atoms with Gasteiger partial charge in [0.15, 0.2) is 6.10 Å². The van der Waals surface area contributed by atoms with Crippen molar-refractivity contribution < 1.29 is 45.0 Å². The molecule has 0 bridgehead atoms. The second-order valence-corrected chi connectivity index (χ2v) is 3.86. The van der Waals surface area contributed by atoms with Crippen molar-refractivity contribution in [1.29, 1.82) is 0 Å². The first-order valence-corrected chi connectivity index (χ1v) is 5.07. The van der Waals surface area contributed by atoms with Crippen molar-refractivity contribution in [2.24, 2.45) is 0 Å². The highest BCUT2D eigenvalue weighted by Gasteiger charge is 2.52. The zero-order valence-electron chi connectivity index (χ0n) is 10.1. The third-order valence-electron chi connectivity index (χ3n) is 2.21. The lowest BCUT2D eigenvalue weighted by molar-refractivity contribution is -0.268. The smallest absolute Gasteiger partial charge is 0.380 e. The second-order valence-electron chi connectivity index (χ2n) is 3.86. The van der Waals surface area contributed by atoms with Gasteiger partial charge in [-0.15, -0.1) is 0 Å². The summed E-state index contributed by atoms with van der Waals surface area (Å²) in [6.07, 6.45) is -6.79. The number of carbonyl (C=O) groups is 2. The molecule has 0 unspecified atom stereocenters. The molecule has 0 aliphatic heterocycles. The van der Waals surface area contributed by atoms with Gasteiger partial charge in [-0.05, 0) is 6.92 Å². The molecule has 0 aromatic carbocycles. The number of carboxylic acid groups (broad SMARTS) is 1. The fraction of sp³-hybridized carbons (Fsp3) is 0.600. The van der Waals surface area contributed by atoms with Crippen LogP contribution < -0.4 is 0 Å². The van der Waals surface area contributed by atoms with Gasteiger partial charge >= 0.3 is 17.7 Å². The fourth-order valence-corrected chi connectivity index (χ4v) is 1.01. The van der Waals surface area contributed by atoms with Gasteiger partial charge in [0.2, 0.25) is 0 Å². The summed E-state index contributed by atoms with van der Waals surface area (Å²) < 4.78 is 4.15. The Labute approximate surface area is 108 Å². The van der Waals surface area contributed by atoms with E-state index in [0.29, 0.717) is 0 Å². The van der Waals surface area contributed by atoms with E-state index in [1.54, 1.807) is 0 Å². The third kappa shape index (κ3) is 3.98. The van der Waals surface area contributed by atoms with Crippen LogP contribution in [0.3, 0.4) is 0 Å². The van der Waals surface area contributed by atoms with Crippen molar-refractivity contribution in [2.75, 3.05) is 6.61 Å². The molecule has 0 aliphatic rings. The lowest BCUT2D eigenvalue weighted by Gasteiger charge is -2.32. The highest BCUT2D eigenvalue weighted by Crippen LogP contribution is 2.20. The van der Waals surface area contributed by atoms with Gasteiger partial charge in [-0.25, -0.2) is 9.59 Å². The molecule has 6 N–H and O–H groups in total. The summed E-state index contributed by atoms with van der Waals surface area (Å²) >= 11 is 0. The van der Waals surface area contributed by atoms with Crippen molar-refractivity contribution in [3.63, 3.8) is 0 Å². The molecule has 0 saturated carbocycles. The summed E-state index contributed by atoms with van der Waals surface area (Å²) in [7, 11) is 0. The van der Waals surface area contributed by atoms with E-state index in [1.165, 1.54) is 0 Å². The maximum atomic E-state index is 11.2. The normalized spacial score (nSPS) is 18.8. The molecule has 4 atom stereocenters. The molecule has 0 aliphatic carbocycles. The van der Waals surface area contributed by atoms with E-state index >= 15 is 0 Å². The molecule has 0 spiro atoms. The number of carbonyl (C=O) groups excluding carboxylic acids is 1. The molecule has 19 heavy (non-hydrogen) atoms. The maximum Gasteiger partial charge on any atom is 0.380 e. The van der Waals surface area contributed by atoms with Crippen LogP contribution in [0.1, 0.15) is 6.92 Å². The highest BCUT2D eigenvalue weighted by atomic mass is 16.7. The van der Waals surface area contributed by atoms with Gasteiger partial charge < -0.3 is 35.4 Å². The first-order valence-electron chi connectivity index (χ1n) is 5.07. The molecular weight excluding hydrogens is 264 g/mol. The minimum atomic E-state index is -3.49. The number of aliphatic hydroxyl groups excluding tert-OH is 4. The average Bonchev–Trinajstić information content (AvgIpc) is 2.35. The van der Waals surface area contributed by atoms with E-state index in [1.807, 2.05) is 0 Å². The number of esters is 1. The lowest BCUT2D eigenvalue weighted by Crippen LogP contribution is -2.60. The van der Waals surface area contributed by atoms with Crippen LogP contribution in [0.2, 0.25) is 0 Å². The molecule has 0 aromatic rings. The van der Waals surface area contributed by atoms with Crippen molar-refractivity contribution in [2.45, 2.75) is 31.0 Å². The number of hydrogen-bond donors (Lipinski definition) is 6. The Kier molecular flexibility index (Phi) is 6.06. The monoisotopic (exact) mass is 280 g/mol. The summed E-state index contributed by atoms with van der Waals surface area (Å²) in [5.41, 5.74) is -0.260. The van der Waals surface area contributed by atoms with Crippen LogP contribution in [0.25, 0.3) is 0 Å². The van der Waals surface area contributed by atoms with E-state index in [9.17, 15) is 24.9 Å². The Morgan fingerprint density at radius 1 is 1.32 bits per heavy atom. The molecule has 9 nitrogen and oxygen atoms in total. The van der Waals surface area contributed by atoms with Gasteiger partial charge in [-0.3, -0.25) is 0 Å². The fourth-order valence-electron chi connectivity index (χ4n) is 1.01. The van der Waals surface area contributed by atoms with Gasteiger partial charge in [0.25, 0.3) is 0 Å². The number of aliphatic carboxylic acids is 1. The van der Waals surface area contributed by atoms with Crippen LogP contribution in [-0.2, 0) is 14.3 Å². The Balaban J connectivity index is 5.23. The zero-order chi connectivity index (χ0) is 15.4. The zero-order valence-corrected chi connectivity index (χ0v) is 10.1. The molecule has 0 saturated heterocycles. The van der Waals surface area contributed by atoms with Crippen LogP contribution >= 0.6 is 0 Å². The van der Waals surface area contributed by atoms with Crippen LogP contribution in [-0.4, -0.2) is 73.3 Å². The SMILES string of the molecule is C=C(C)C(=O)O[C@](O)(C(=O)O)[C@@H](O)[C@H](O)[C@H](O)CO. The van der Waals surface area contributed by atoms with Crippen molar-refractivity contribution in [3.05, 3.63) is 12.2 Å². The maximum absolute atomic E-state index is 11.2. The second kappa shape index (κ2) is 6.59. The minimum absolute atomic E-state index is 0.260. The van der Waals surface area contributed by atoms with Crippen LogP contribution in [0.5, 0.6) is 0 Å². The summed E-state index contributed by atoms with van der Waals surface area (Å²) in [4.78, 5) is 22.0. The molecule has 0 fully saturated rings. The van der Waals surface area contributed by atoms with E-state index in [2.05, 4.69) is 11.3 Å². The van der Waals surface area contributed by atoms with Crippen LogP contribution in [0.4, 0.5) is 0 Å². The van der Waals surface area contributed by atoms with Gasteiger partial charge in [-0.1, -0.05) is 6.58 Å². The molecule has 0 aromatic heterocycles. The summed E-state index contributed by atoms with van der Waals surface area (Å²) in [5, 5.41) is 54.8. The van der Waals surface area contributed by atoms with Gasteiger partial charge in [0.1, 0.15) is 12.2 Å². The summed E-state index contributed by atoms with van der Waals surface area (Å²) in [6.45, 7) is 3.29. The third-order valence-corrected chi connectivity index (χ3v) is 2.21. The molecular formula is C10H16O9. The molecule has 0 radical (unpaired) electrons. The standard InChI is InChI=1S/C10H16O9/c1-4(2)8(15)19-10(18,9(16)17)7(14)6(13)5(12)3-11/h5-7,11-14,18H,1,3H2,2H3,(H,16,17)/t5-,6-,7+,10+/m1/s1. The Hall–Kier alpha value is -1.52. The first kappa shape index (κ1) is 17.5. The number of ether oxygens (including phenoxy) is 1. The number of hydrogen-bond acceptors (Lipinski definition) is 8. The van der Waals surface area contributed by atoms with Crippen molar-refractivity contribution >= 4 is 11.9 Å². The largest absolute Gasteiger partial charge is 0.476 e. The predicted octanol–water partition coefficient (Wildman–Crippen LogP) is -3.05. The van der Waals surface area contributed by atoms with E-state index in [0.717, 1.165) is 6.92 Å². The lowest BCUT2D eigenvalue weighted by atomic mass is 10.00.